The van der Waals surface area contributed by atoms with Gasteiger partial charge in [0.25, 0.3) is 5.91 Å². The summed E-state index contributed by atoms with van der Waals surface area (Å²) in [6.07, 6.45) is 1.99. The Morgan fingerprint density at radius 1 is 1.08 bits per heavy atom. The van der Waals surface area contributed by atoms with E-state index in [0.29, 0.717) is 11.8 Å². The largest absolute Gasteiger partial charge is 0.374 e. The molecule has 0 fully saturated rings. The molecule has 25 heavy (non-hydrogen) atoms. The third-order valence-electron chi connectivity index (χ3n) is 3.54. The van der Waals surface area contributed by atoms with Crippen molar-refractivity contribution in [2.45, 2.75) is 19.8 Å². The lowest BCUT2D eigenvalue weighted by atomic mass is 10.1. The fourth-order valence-corrected chi connectivity index (χ4v) is 2.30. The summed E-state index contributed by atoms with van der Waals surface area (Å²) in [5.74, 6) is -3.39. The van der Waals surface area contributed by atoms with E-state index >= 15 is 0 Å². The summed E-state index contributed by atoms with van der Waals surface area (Å²) >= 11 is 0. The molecule has 0 radical (unpaired) electrons. The van der Waals surface area contributed by atoms with E-state index in [1.165, 1.54) is 5.56 Å². The van der Waals surface area contributed by atoms with Crippen LogP contribution in [0, 0.1) is 11.6 Å². The van der Waals surface area contributed by atoms with Gasteiger partial charge in [-0.1, -0.05) is 25.5 Å². The first-order valence-corrected chi connectivity index (χ1v) is 7.82. The second-order valence-corrected chi connectivity index (χ2v) is 5.52. The molecule has 0 bridgehead atoms. The van der Waals surface area contributed by atoms with Gasteiger partial charge in [0.2, 0.25) is 5.91 Å². The summed E-state index contributed by atoms with van der Waals surface area (Å²) in [5, 5.41) is 5.19. The number of hydrogen-bond acceptors (Lipinski definition) is 3. The van der Waals surface area contributed by atoms with Crippen LogP contribution in [0.5, 0.6) is 0 Å². The number of aryl methyl sites for hydroxylation is 1. The quantitative estimate of drug-likeness (QED) is 0.720. The molecule has 2 rings (SSSR count). The summed E-state index contributed by atoms with van der Waals surface area (Å²) < 4.78 is 27.1. The maximum Gasteiger partial charge on any atom is 0.251 e. The van der Waals surface area contributed by atoms with Crippen molar-refractivity contribution in [3.8, 4) is 0 Å². The summed E-state index contributed by atoms with van der Waals surface area (Å²) in [5.41, 5.74) is 6.18. The van der Waals surface area contributed by atoms with Crippen LogP contribution in [-0.2, 0) is 11.2 Å². The Labute approximate surface area is 144 Å². The van der Waals surface area contributed by atoms with Crippen molar-refractivity contribution >= 4 is 23.2 Å². The lowest BCUT2D eigenvalue weighted by molar-refractivity contribution is -0.114. The van der Waals surface area contributed by atoms with Crippen LogP contribution >= 0.6 is 0 Å². The molecule has 2 amide bonds. The number of hydrogen-bond donors (Lipinski definition) is 3. The van der Waals surface area contributed by atoms with Gasteiger partial charge < -0.3 is 16.4 Å². The molecule has 132 valence electrons. The van der Waals surface area contributed by atoms with Crippen LogP contribution < -0.4 is 16.4 Å². The Hall–Kier alpha value is -2.96. The van der Waals surface area contributed by atoms with Crippen molar-refractivity contribution < 1.29 is 18.4 Å². The number of nitrogens with one attached hydrogen (secondary N) is 2. The molecule has 7 heteroatoms. The van der Waals surface area contributed by atoms with Gasteiger partial charge in [0.05, 0.1) is 17.8 Å². The molecule has 0 saturated heterocycles. The van der Waals surface area contributed by atoms with E-state index in [1.807, 2.05) is 12.1 Å². The van der Waals surface area contributed by atoms with E-state index in [4.69, 9.17) is 5.73 Å². The lowest BCUT2D eigenvalue weighted by Gasteiger charge is -2.10. The summed E-state index contributed by atoms with van der Waals surface area (Å²) in [4.78, 5) is 23.0. The number of carbonyl (C=O) groups is 2. The van der Waals surface area contributed by atoms with Crippen molar-refractivity contribution in [1.82, 2.24) is 0 Å². The van der Waals surface area contributed by atoms with Gasteiger partial charge in [0.15, 0.2) is 0 Å². The highest BCUT2D eigenvalue weighted by Crippen LogP contribution is 2.19. The Morgan fingerprint density at radius 3 is 2.36 bits per heavy atom. The zero-order chi connectivity index (χ0) is 18.4. The van der Waals surface area contributed by atoms with Gasteiger partial charge >= 0.3 is 0 Å². The van der Waals surface area contributed by atoms with Gasteiger partial charge in [0.1, 0.15) is 11.6 Å². The first kappa shape index (κ1) is 18.4. The second kappa shape index (κ2) is 8.23. The molecule has 0 aliphatic carbocycles. The smallest absolute Gasteiger partial charge is 0.251 e. The first-order valence-electron chi connectivity index (χ1n) is 7.82. The monoisotopic (exact) mass is 347 g/mol. The van der Waals surface area contributed by atoms with Crippen molar-refractivity contribution in [3.63, 3.8) is 0 Å². The topological polar surface area (TPSA) is 84.2 Å². The molecule has 0 unspecified atom stereocenters. The molecule has 5 nitrogen and oxygen atoms in total. The maximum atomic E-state index is 13.7. The molecule has 2 aromatic rings. The molecule has 4 N–H and O–H groups in total. The molecule has 0 spiro atoms. The van der Waals surface area contributed by atoms with Crippen LogP contribution in [0.3, 0.4) is 0 Å². The van der Waals surface area contributed by atoms with Crippen LogP contribution in [0.25, 0.3) is 0 Å². The Balaban J connectivity index is 1.98. The zero-order valence-electron chi connectivity index (χ0n) is 13.7. The highest BCUT2D eigenvalue weighted by Gasteiger charge is 2.14. The highest BCUT2D eigenvalue weighted by atomic mass is 19.1. The zero-order valence-corrected chi connectivity index (χ0v) is 13.7. The Morgan fingerprint density at radius 2 is 1.76 bits per heavy atom. The molecule has 2 aromatic carbocycles. The minimum absolute atomic E-state index is 0.177. The molecular weight excluding hydrogens is 328 g/mol. The number of benzene rings is 2. The van der Waals surface area contributed by atoms with E-state index in [2.05, 4.69) is 17.6 Å². The van der Waals surface area contributed by atoms with E-state index in [0.717, 1.165) is 18.9 Å². The third-order valence-corrected chi connectivity index (χ3v) is 3.54. The summed E-state index contributed by atoms with van der Waals surface area (Å²) in [6, 6.07) is 8.91. The fraction of sp³-hybridized carbons (Fsp3) is 0.222. The van der Waals surface area contributed by atoms with Crippen LogP contribution in [0.15, 0.2) is 36.4 Å². The average Bonchev–Trinajstić information content (AvgIpc) is 2.56. The number of rotatable bonds is 7. The van der Waals surface area contributed by atoms with Crippen LogP contribution in [0.1, 0.15) is 29.3 Å². The van der Waals surface area contributed by atoms with Crippen LogP contribution in [-0.4, -0.2) is 18.4 Å². The predicted octanol–water partition coefficient (Wildman–Crippen LogP) is 3.07. The SMILES string of the molecule is CCCc1ccc(NC(=O)CNc2cc(C(N)=O)c(F)cc2F)cc1. The lowest BCUT2D eigenvalue weighted by Crippen LogP contribution is -2.22. The number of anilines is 2. The fourth-order valence-electron chi connectivity index (χ4n) is 2.30. The number of primary amides is 1. The predicted molar refractivity (Wildman–Crippen MR) is 92.4 cm³/mol. The van der Waals surface area contributed by atoms with E-state index in [-0.39, 0.29) is 12.2 Å². The van der Waals surface area contributed by atoms with Crippen molar-refractivity contribution in [2.24, 2.45) is 5.73 Å². The molecule has 0 atom stereocenters. The normalized spacial score (nSPS) is 10.4. The molecule has 0 aliphatic heterocycles. The summed E-state index contributed by atoms with van der Waals surface area (Å²) in [6.45, 7) is 1.83. The maximum absolute atomic E-state index is 13.7. The molecule has 0 saturated carbocycles. The molecular formula is C18H19F2N3O2. The average molecular weight is 347 g/mol. The molecule has 0 aromatic heterocycles. The standard InChI is InChI=1S/C18H19F2N3O2/c1-2-3-11-4-6-12(7-5-11)23-17(24)10-22-16-8-13(18(21)25)14(19)9-15(16)20/h4-9,22H,2-3,10H2,1H3,(H2,21,25)(H,23,24). The second-order valence-electron chi connectivity index (χ2n) is 5.52. The highest BCUT2D eigenvalue weighted by molar-refractivity contribution is 5.95. The van der Waals surface area contributed by atoms with E-state index < -0.39 is 29.0 Å². The molecule has 0 aliphatic rings. The van der Waals surface area contributed by atoms with Crippen molar-refractivity contribution in [3.05, 3.63) is 59.2 Å². The van der Waals surface area contributed by atoms with Gasteiger partial charge in [-0.05, 0) is 30.2 Å². The minimum Gasteiger partial charge on any atom is -0.374 e. The van der Waals surface area contributed by atoms with E-state index in [1.54, 1.807) is 12.1 Å². The minimum atomic E-state index is -1.05. The van der Waals surface area contributed by atoms with Gasteiger partial charge in [-0.15, -0.1) is 0 Å². The Kier molecular flexibility index (Phi) is 6.05. The van der Waals surface area contributed by atoms with Crippen molar-refractivity contribution in [2.75, 3.05) is 17.2 Å². The van der Waals surface area contributed by atoms with Gasteiger partial charge in [0, 0.05) is 11.8 Å². The van der Waals surface area contributed by atoms with Gasteiger partial charge in [-0.3, -0.25) is 9.59 Å². The number of carbonyl (C=O) groups excluding carboxylic acids is 2. The van der Waals surface area contributed by atoms with Gasteiger partial charge in [-0.25, -0.2) is 8.78 Å². The van der Waals surface area contributed by atoms with Crippen LogP contribution in [0.2, 0.25) is 0 Å². The van der Waals surface area contributed by atoms with E-state index in [9.17, 15) is 18.4 Å². The van der Waals surface area contributed by atoms with Crippen LogP contribution in [0.4, 0.5) is 20.2 Å². The summed E-state index contributed by atoms with van der Waals surface area (Å²) in [7, 11) is 0. The molecule has 0 heterocycles. The van der Waals surface area contributed by atoms with Crippen molar-refractivity contribution in [1.29, 1.82) is 0 Å². The number of halogens is 2. The third kappa shape index (κ3) is 5.00. The number of nitrogens with two attached hydrogens (primary N) is 1. The first-order chi connectivity index (χ1) is 11.9. The number of amides is 2. The Bertz CT molecular complexity index is 777. The van der Waals surface area contributed by atoms with Gasteiger partial charge in [-0.2, -0.15) is 0 Å².